The lowest BCUT2D eigenvalue weighted by molar-refractivity contribution is -0.138. The summed E-state index contributed by atoms with van der Waals surface area (Å²) in [7, 11) is 0. The molecule has 1 aromatic rings. The van der Waals surface area contributed by atoms with Crippen molar-refractivity contribution in [1.82, 2.24) is 0 Å². The van der Waals surface area contributed by atoms with Crippen LogP contribution in [0.5, 0.6) is 0 Å². The lowest BCUT2D eigenvalue weighted by Gasteiger charge is -2.09. The van der Waals surface area contributed by atoms with Gasteiger partial charge in [-0.3, -0.25) is 0 Å². The van der Waals surface area contributed by atoms with Gasteiger partial charge in [0.1, 0.15) is 5.82 Å². The molecule has 112 valence electrons. The number of hydrogen-bond donors (Lipinski definition) is 2. The van der Waals surface area contributed by atoms with Gasteiger partial charge >= 0.3 is 12.1 Å². The molecule has 0 heterocycles. The summed E-state index contributed by atoms with van der Waals surface area (Å²) in [6.45, 7) is 1.86. The molecule has 0 aliphatic heterocycles. The van der Waals surface area contributed by atoms with E-state index in [0.717, 1.165) is 18.2 Å². The maximum Gasteiger partial charge on any atom is 0.416 e. The zero-order valence-corrected chi connectivity index (χ0v) is 11.3. The van der Waals surface area contributed by atoms with Crippen LogP contribution in [0.15, 0.2) is 36.2 Å². The minimum atomic E-state index is -4.38. The molecular weight excluding hydrogens is 297 g/mol. The van der Waals surface area contributed by atoms with Gasteiger partial charge in [0.05, 0.1) is 18.2 Å². The number of hydrogen-bond acceptors (Lipinski definition) is 4. The number of benzene rings is 1. The van der Waals surface area contributed by atoms with Crippen molar-refractivity contribution in [2.45, 2.75) is 13.1 Å². The van der Waals surface area contributed by atoms with Crippen LogP contribution < -0.4 is 11.1 Å². The standard InChI is InChI=1S/C12H13F3N2O2.ClH/c1-2-19-11(18)7-10(16)17-9-5-3-8(4-6-9)12(13,14)15;/h3-7,17H,2,16H2,1H3;1H. The number of carbonyl (C=O) groups excluding carboxylic acids is 1. The number of ether oxygens (including phenoxy) is 1. The van der Waals surface area contributed by atoms with Crippen molar-refractivity contribution in [2.24, 2.45) is 5.73 Å². The maximum absolute atomic E-state index is 12.3. The van der Waals surface area contributed by atoms with Gasteiger partial charge in [-0.25, -0.2) is 4.79 Å². The molecule has 0 amide bonds. The predicted octanol–water partition coefficient (Wildman–Crippen LogP) is 2.90. The topological polar surface area (TPSA) is 64.3 Å². The Morgan fingerprint density at radius 3 is 2.35 bits per heavy atom. The van der Waals surface area contributed by atoms with Crippen LogP contribution in [0, 0.1) is 0 Å². The minimum absolute atomic E-state index is 0. The first-order chi connectivity index (χ1) is 8.82. The smallest absolute Gasteiger partial charge is 0.416 e. The van der Waals surface area contributed by atoms with Crippen molar-refractivity contribution in [1.29, 1.82) is 0 Å². The molecule has 0 aliphatic rings. The fourth-order valence-corrected chi connectivity index (χ4v) is 1.26. The number of carbonyl (C=O) groups is 1. The molecule has 0 bridgehead atoms. The van der Waals surface area contributed by atoms with Crippen molar-refractivity contribution in [3.05, 3.63) is 41.7 Å². The SMILES string of the molecule is CCOC(=O)C=C(N)Nc1ccc(C(F)(F)F)cc1.Cl. The van der Waals surface area contributed by atoms with Crippen molar-refractivity contribution < 1.29 is 22.7 Å². The molecule has 1 rings (SSSR count). The Bertz CT molecular complexity index is 473. The molecule has 20 heavy (non-hydrogen) atoms. The monoisotopic (exact) mass is 310 g/mol. The van der Waals surface area contributed by atoms with Gasteiger partial charge in [-0.2, -0.15) is 13.2 Å². The highest BCUT2D eigenvalue weighted by molar-refractivity contribution is 5.85. The number of halogens is 4. The predicted molar refractivity (Wildman–Crippen MR) is 71.2 cm³/mol. The summed E-state index contributed by atoms with van der Waals surface area (Å²) >= 11 is 0. The maximum atomic E-state index is 12.3. The van der Waals surface area contributed by atoms with Crippen LogP contribution in [0.2, 0.25) is 0 Å². The van der Waals surface area contributed by atoms with E-state index in [1.54, 1.807) is 6.92 Å². The van der Waals surface area contributed by atoms with Crippen molar-refractivity contribution in [2.75, 3.05) is 11.9 Å². The van der Waals surface area contributed by atoms with Gasteiger partial charge in [0.25, 0.3) is 0 Å². The van der Waals surface area contributed by atoms with E-state index >= 15 is 0 Å². The third kappa shape index (κ3) is 5.83. The minimum Gasteiger partial charge on any atom is -0.463 e. The van der Waals surface area contributed by atoms with E-state index in [9.17, 15) is 18.0 Å². The summed E-state index contributed by atoms with van der Waals surface area (Å²) < 4.78 is 41.6. The van der Waals surface area contributed by atoms with Gasteiger partial charge in [0.15, 0.2) is 0 Å². The molecule has 1 aromatic carbocycles. The first-order valence-electron chi connectivity index (χ1n) is 5.41. The van der Waals surface area contributed by atoms with Crippen LogP contribution in [0.4, 0.5) is 18.9 Å². The Balaban J connectivity index is 0.00000361. The summed E-state index contributed by atoms with van der Waals surface area (Å²) in [4.78, 5) is 11.1. The van der Waals surface area contributed by atoms with E-state index in [-0.39, 0.29) is 24.8 Å². The Labute approximate surface area is 120 Å². The van der Waals surface area contributed by atoms with Crippen LogP contribution in [0.3, 0.4) is 0 Å². The van der Waals surface area contributed by atoms with E-state index in [0.29, 0.717) is 5.69 Å². The average molecular weight is 311 g/mol. The van der Waals surface area contributed by atoms with Crippen LogP contribution in [-0.2, 0) is 15.7 Å². The average Bonchev–Trinajstić information content (AvgIpc) is 2.28. The Kier molecular flexibility index (Phi) is 6.92. The van der Waals surface area contributed by atoms with Crippen LogP contribution in [0.25, 0.3) is 0 Å². The third-order valence-corrected chi connectivity index (χ3v) is 2.06. The highest BCUT2D eigenvalue weighted by atomic mass is 35.5. The Morgan fingerprint density at radius 2 is 1.90 bits per heavy atom. The summed E-state index contributed by atoms with van der Waals surface area (Å²) in [6.07, 6.45) is -3.37. The van der Waals surface area contributed by atoms with Gasteiger partial charge in [-0.05, 0) is 31.2 Å². The van der Waals surface area contributed by atoms with Gasteiger partial charge in [0.2, 0.25) is 0 Å². The lowest BCUT2D eigenvalue weighted by Crippen LogP contribution is -2.13. The molecule has 0 spiro atoms. The molecule has 8 heteroatoms. The summed E-state index contributed by atoms with van der Waals surface area (Å²) in [6, 6.07) is 4.27. The van der Waals surface area contributed by atoms with Gasteiger partial charge in [-0.1, -0.05) is 0 Å². The van der Waals surface area contributed by atoms with Gasteiger partial charge in [0, 0.05) is 5.69 Å². The first-order valence-corrected chi connectivity index (χ1v) is 5.41. The van der Waals surface area contributed by atoms with Crippen molar-refractivity contribution in [3.63, 3.8) is 0 Å². The second-order valence-corrected chi connectivity index (χ2v) is 3.55. The molecule has 0 aliphatic carbocycles. The fraction of sp³-hybridized carbons (Fsp3) is 0.250. The van der Waals surface area contributed by atoms with E-state index in [2.05, 4.69) is 10.1 Å². The zero-order chi connectivity index (χ0) is 14.5. The second-order valence-electron chi connectivity index (χ2n) is 3.55. The number of nitrogens with two attached hydrogens (primary N) is 1. The normalized spacial score (nSPS) is 11.5. The quantitative estimate of drug-likeness (QED) is 0.663. The Morgan fingerprint density at radius 1 is 1.35 bits per heavy atom. The van der Waals surface area contributed by atoms with Crippen LogP contribution >= 0.6 is 12.4 Å². The molecule has 3 N–H and O–H groups in total. The van der Waals surface area contributed by atoms with E-state index in [1.165, 1.54) is 12.1 Å². The highest BCUT2D eigenvalue weighted by Crippen LogP contribution is 2.29. The molecular formula is C12H14ClF3N2O2. The van der Waals surface area contributed by atoms with E-state index in [4.69, 9.17) is 5.73 Å². The molecule has 0 saturated carbocycles. The van der Waals surface area contributed by atoms with E-state index < -0.39 is 17.7 Å². The molecule has 4 nitrogen and oxygen atoms in total. The van der Waals surface area contributed by atoms with Gasteiger partial charge in [-0.15, -0.1) is 12.4 Å². The zero-order valence-electron chi connectivity index (χ0n) is 10.5. The largest absolute Gasteiger partial charge is 0.463 e. The number of nitrogens with one attached hydrogen (secondary N) is 1. The number of rotatable bonds is 4. The number of anilines is 1. The molecule has 0 aromatic heterocycles. The molecule has 0 saturated heterocycles. The van der Waals surface area contributed by atoms with Gasteiger partial charge < -0.3 is 15.8 Å². The molecule has 0 unspecified atom stereocenters. The molecule has 0 fully saturated rings. The van der Waals surface area contributed by atoms with E-state index in [1.807, 2.05) is 0 Å². The highest BCUT2D eigenvalue weighted by Gasteiger charge is 2.29. The van der Waals surface area contributed by atoms with Crippen LogP contribution in [0.1, 0.15) is 12.5 Å². The molecule has 0 radical (unpaired) electrons. The van der Waals surface area contributed by atoms with Crippen molar-refractivity contribution in [3.8, 4) is 0 Å². The summed E-state index contributed by atoms with van der Waals surface area (Å²) in [5.74, 6) is -0.641. The number of alkyl halides is 3. The van der Waals surface area contributed by atoms with Crippen LogP contribution in [-0.4, -0.2) is 12.6 Å². The first kappa shape index (κ1) is 18.1. The second kappa shape index (κ2) is 7.64. The number of esters is 1. The summed E-state index contributed by atoms with van der Waals surface area (Å²) in [5, 5.41) is 2.58. The molecule has 0 atom stereocenters. The summed E-state index contributed by atoms with van der Waals surface area (Å²) in [5.41, 5.74) is 5.07. The third-order valence-electron chi connectivity index (χ3n) is 2.06. The van der Waals surface area contributed by atoms with Crippen molar-refractivity contribution >= 4 is 24.1 Å². The Hall–Kier alpha value is -1.89. The fourth-order valence-electron chi connectivity index (χ4n) is 1.26. The lowest BCUT2D eigenvalue weighted by atomic mass is 10.2.